The van der Waals surface area contributed by atoms with Crippen LogP contribution in [0.4, 0.5) is 0 Å². The van der Waals surface area contributed by atoms with Gasteiger partial charge >= 0.3 is 11.9 Å². The average molecular weight is 497 g/mol. The molecule has 1 aromatic heterocycles. The van der Waals surface area contributed by atoms with E-state index in [1.165, 1.54) is 33.3 Å². The molecule has 0 aliphatic carbocycles. The molecule has 1 amide bonds. The minimum absolute atomic E-state index is 0.0281. The third-order valence-electron chi connectivity index (χ3n) is 5.17. The Morgan fingerprint density at radius 3 is 2.47 bits per heavy atom. The van der Waals surface area contributed by atoms with Gasteiger partial charge in [-0.2, -0.15) is 0 Å². The molecular formula is C22H32N4O7S. The topological polar surface area (TPSA) is 137 Å². The van der Waals surface area contributed by atoms with Crippen molar-refractivity contribution in [1.82, 2.24) is 19.2 Å². The fourth-order valence-corrected chi connectivity index (χ4v) is 4.24. The molecule has 1 N–H and O–H groups in total. The zero-order valence-electron chi connectivity index (χ0n) is 20.3. The zero-order valence-corrected chi connectivity index (χ0v) is 21.1. The Kier molecular flexibility index (Phi) is 9.16. The molecule has 11 nitrogen and oxygen atoms in total. The maximum absolute atomic E-state index is 12.4. The Morgan fingerprint density at radius 2 is 1.88 bits per heavy atom. The Labute approximate surface area is 199 Å². The molecule has 0 radical (unpaired) electrons. The highest BCUT2D eigenvalue weighted by Crippen LogP contribution is 2.22. The predicted octanol–water partition coefficient (Wildman–Crippen LogP) is 1.00. The number of fused-ring (bicyclic) bond motifs is 1. The number of imidazole rings is 1. The van der Waals surface area contributed by atoms with Crippen molar-refractivity contribution >= 4 is 38.9 Å². The highest BCUT2D eigenvalue weighted by Gasteiger charge is 2.23. The molecule has 2 rings (SSSR count). The minimum Gasteiger partial charge on any atom is -0.467 e. The first-order chi connectivity index (χ1) is 15.9. The van der Waals surface area contributed by atoms with Crippen molar-refractivity contribution in [2.24, 2.45) is 13.0 Å². The van der Waals surface area contributed by atoms with Gasteiger partial charge in [0.25, 0.3) is 5.91 Å². The number of hydrogen-bond donors (Lipinski definition) is 1. The number of aryl methyl sites for hydroxylation is 2. The van der Waals surface area contributed by atoms with Gasteiger partial charge in [-0.1, -0.05) is 13.8 Å². The predicted molar refractivity (Wildman–Crippen MR) is 124 cm³/mol. The van der Waals surface area contributed by atoms with E-state index in [4.69, 9.17) is 9.47 Å². The van der Waals surface area contributed by atoms with E-state index in [1.807, 2.05) is 13.8 Å². The lowest BCUT2D eigenvalue weighted by Crippen LogP contribution is -2.44. The van der Waals surface area contributed by atoms with Crippen molar-refractivity contribution < 1.29 is 32.3 Å². The van der Waals surface area contributed by atoms with Crippen LogP contribution in [0, 0.1) is 5.92 Å². The second kappa shape index (κ2) is 11.4. The number of nitrogens with zero attached hydrogens (tertiary/aromatic N) is 3. The second-order valence-corrected chi connectivity index (χ2v) is 10.6. The monoisotopic (exact) mass is 496 g/mol. The molecule has 1 aromatic carbocycles. The number of esters is 2. The first-order valence-corrected chi connectivity index (χ1v) is 12.2. The van der Waals surface area contributed by atoms with Crippen LogP contribution in [0.25, 0.3) is 11.0 Å². The number of aromatic nitrogens is 2. The molecule has 0 aliphatic heterocycles. The standard InChI is InChI=1S/C22H32N4O7S/c1-14(2)11-17(22(29)32-6)24-20(27)13-33-21(28)10-9-19-23-16-12-15(34(30,31)25(3)4)7-8-18(16)26(19)5/h7-8,12,14,17H,9-11,13H2,1-6H3,(H,24,27). The number of sulfonamides is 1. The van der Waals surface area contributed by atoms with Crippen molar-refractivity contribution in [3.05, 3.63) is 24.0 Å². The van der Waals surface area contributed by atoms with Crippen molar-refractivity contribution in [2.45, 2.75) is 44.0 Å². The van der Waals surface area contributed by atoms with Gasteiger partial charge in [0.1, 0.15) is 11.9 Å². The van der Waals surface area contributed by atoms with E-state index in [-0.39, 0.29) is 23.7 Å². The van der Waals surface area contributed by atoms with Crippen LogP contribution in [0.1, 0.15) is 32.5 Å². The smallest absolute Gasteiger partial charge is 0.328 e. The van der Waals surface area contributed by atoms with E-state index in [0.717, 1.165) is 9.82 Å². The first-order valence-electron chi connectivity index (χ1n) is 10.8. The summed E-state index contributed by atoms with van der Waals surface area (Å²) < 4.78 is 37.3. The van der Waals surface area contributed by atoms with Gasteiger partial charge in [-0.3, -0.25) is 9.59 Å². The highest BCUT2D eigenvalue weighted by atomic mass is 32.2. The largest absolute Gasteiger partial charge is 0.467 e. The number of benzene rings is 1. The number of ether oxygens (including phenoxy) is 2. The number of carbonyl (C=O) groups is 3. The van der Waals surface area contributed by atoms with Crippen molar-refractivity contribution in [3.8, 4) is 0 Å². The molecule has 188 valence electrons. The summed E-state index contributed by atoms with van der Waals surface area (Å²) in [4.78, 5) is 40.6. The van der Waals surface area contributed by atoms with Crippen LogP contribution in [0.15, 0.2) is 23.1 Å². The highest BCUT2D eigenvalue weighted by molar-refractivity contribution is 7.89. The number of nitrogens with one attached hydrogen (secondary N) is 1. The molecule has 0 bridgehead atoms. The summed E-state index contributed by atoms with van der Waals surface area (Å²) in [6.45, 7) is 3.30. The van der Waals surface area contributed by atoms with Crippen molar-refractivity contribution in [2.75, 3.05) is 27.8 Å². The first kappa shape index (κ1) is 27.3. The van der Waals surface area contributed by atoms with E-state index in [0.29, 0.717) is 17.8 Å². The van der Waals surface area contributed by atoms with Crippen LogP contribution < -0.4 is 5.32 Å². The third kappa shape index (κ3) is 6.76. The average Bonchev–Trinajstić information content (AvgIpc) is 3.09. The Morgan fingerprint density at radius 1 is 1.21 bits per heavy atom. The molecular weight excluding hydrogens is 464 g/mol. The Bertz CT molecular complexity index is 1160. The van der Waals surface area contributed by atoms with E-state index in [1.54, 1.807) is 17.7 Å². The molecule has 0 spiro atoms. The van der Waals surface area contributed by atoms with Crippen LogP contribution in [-0.2, 0) is 47.3 Å². The summed E-state index contributed by atoms with van der Waals surface area (Å²) in [7, 11) is 2.32. The molecule has 2 aromatic rings. The van der Waals surface area contributed by atoms with Crippen molar-refractivity contribution in [3.63, 3.8) is 0 Å². The minimum atomic E-state index is -3.59. The number of amides is 1. The summed E-state index contributed by atoms with van der Waals surface area (Å²) in [6, 6.07) is 3.86. The van der Waals surface area contributed by atoms with Crippen LogP contribution in [0.5, 0.6) is 0 Å². The molecule has 1 heterocycles. The number of methoxy groups -OCH3 is 1. The summed E-state index contributed by atoms with van der Waals surface area (Å²) in [5.74, 6) is -1.03. The number of hydrogen-bond acceptors (Lipinski definition) is 8. The van der Waals surface area contributed by atoms with Gasteiger partial charge in [-0.05, 0) is 30.5 Å². The molecule has 0 fully saturated rings. The van der Waals surface area contributed by atoms with Gasteiger partial charge in [0.15, 0.2) is 6.61 Å². The van der Waals surface area contributed by atoms with E-state index in [2.05, 4.69) is 10.3 Å². The van der Waals surface area contributed by atoms with E-state index < -0.39 is 40.5 Å². The van der Waals surface area contributed by atoms with E-state index >= 15 is 0 Å². The van der Waals surface area contributed by atoms with Gasteiger partial charge in [0, 0.05) is 27.6 Å². The number of rotatable bonds is 11. The van der Waals surface area contributed by atoms with Gasteiger partial charge in [-0.15, -0.1) is 0 Å². The lowest BCUT2D eigenvalue weighted by Gasteiger charge is -2.18. The van der Waals surface area contributed by atoms with Gasteiger partial charge in [0.05, 0.1) is 29.5 Å². The molecule has 34 heavy (non-hydrogen) atoms. The van der Waals surface area contributed by atoms with Crippen LogP contribution in [0.2, 0.25) is 0 Å². The van der Waals surface area contributed by atoms with Crippen LogP contribution in [0.3, 0.4) is 0 Å². The Hall–Kier alpha value is -2.99. The summed E-state index contributed by atoms with van der Waals surface area (Å²) in [6.07, 6.45) is 0.607. The molecule has 12 heteroatoms. The summed E-state index contributed by atoms with van der Waals surface area (Å²) in [5.41, 5.74) is 1.21. The SMILES string of the molecule is COC(=O)C(CC(C)C)NC(=O)COC(=O)CCc1nc2cc(S(=O)(=O)N(C)C)ccc2n1C. The molecule has 0 saturated heterocycles. The van der Waals surface area contributed by atoms with E-state index in [9.17, 15) is 22.8 Å². The van der Waals surface area contributed by atoms with Gasteiger partial charge in [-0.25, -0.2) is 22.5 Å². The maximum atomic E-state index is 12.4. The summed E-state index contributed by atoms with van der Waals surface area (Å²) >= 11 is 0. The molecule has 0 aliphatic rings. The van der Waals surface area contributed by atoms with Crippen LogP contribution >= 0.6 is 0 Å². The summed E-state index contributed by atoms with van der Waals surface area (Å²) in [5, 5.41) is 2.52. The molecule has 1 unspecified atom stereocenters. The van der Waals surface area contributed by atoms with Gasteiger partial charge in [0.2, 0.25) is 10.0 Å². The second-order valence-electron chi connectivity index (χ2n) is 8.46. The fourth-order valence-electron chi connectivity index (χ4n) is 3.32. The number of carbonyl (C=O) groups excluding carboxylic acids is 3. The van der Waals surface area contributed by atoms with Crippen LogP contribution in [-0.4, -0.2) is 74.0 Å². The van der Waals surface area contributed by atoms with Gasteiger partial charge < -0.3 is 19.4 Å². The lowest BCUT2D eigenvalue weighted by molar-refractivity contribution is -0.150. The molecule has 1 atom stereocenters. The Balaban J connectivity index is 1.96. The lowest BCUT2D eigenvalue weighted by atomic mass is 10.0. The maximum Gasteiger partial charge on any atom is 0.328 e. The van der Waals surface area contributed by atoms with Crippen molar-refractivity contribution in [1.29, 1.82) is 0 Å². The quantitative estimate of drug-likeness (QED) is 0.455. The third-order valence-corrected chi connectivity index (χ3v) is 6.98. The molecule has 0 saturated carbocycles. The fraction of sp³-hybridized carbons (Fsp3) is 0.545. The zero-order chi connectivity index (χ0) is 25.6. The normalized spacial score (nSPS) is 12.7.